The minimum atomic E-state index is -3.91. The Kier molecular flexibility index (Phi) is 4.74. The summed E-state index contributed by atoms with van der Waals surface area (Å²) in [6, 6.07) is 7.83. The van der Waals surface area contributed by atoms with Crippen molar-refractivity contribution in [3.05, 3.63) is 57.5 Å². The number of carbonyl (C=O) groups excluding carboxylic acids is 1. The first-order valence-electron chi connectivity index (χ1n) is 6.16. The van der Waals surface area contributed by atoms with Crippen molar-refractivity contribution in [3.8, 4) is 0 Å². The Balaban J connectivity index is 2.03. The van der Waals surface area contributed by atoms with Gasteiger partial charge in [0, 0.05) is 10.4 Å². The third kappa shape index (κ3) is 4.64. The van der Waals surface area contributed by atoms with Crippen molar-refractivity contribution in [2.45, 2.75) is 19.1 Å². The van der Waals surface area contributed by atoms with E-state index in [-0.39, 0.29) is 12.0 Å². The highest BCUT2D eigenvalue weighted by Gasteiger charge is 2.18. The van der Waals surface area contributed by atoms with Gasteiger partial charge in [-0.2, -0.15) is 0 Å². The van der Waals surface area contributed by atoms with Gasteiger partial charge in [0.2, 0.25) is 15.9 Å². The molecule has 0 aliphatic heterocycles. The fourth-order valence-electron chi connectivity index (χ4n) is 1.79. The molecule has 0 spiro atoms. The number of sulfonamides is 1. The summed E-state index contributed by atoms with van der Waals surface area (Å²) in [5.74, 6) is -1.77. The number of nitrogens with one attached hydrogen (secondary N) is 1. The number of halogens is 1. The van der Waals surface area contributed by atoms with E-state index in [0.29, 0.717) is 5.56 Å². The number of aryl methyl sites for hydroxylation is 1. The Bertz CT molecular complexity index is 740. The van der Waals surface area contributed by atoms with Gasteiger partial charge < -0.3 is 0 Å². The van der Waals surface area contributed by atoms with Crippen LogP contribution in [0.25, 0.3) is 0 Å². The third-order valence-corrected chi connectivity index (χ3v) is 4.84. The van der Waals surface area contributed by atoms with Gasteiger partial charge in [-0.15, -0.1) is 11.3 Å². The summed E-state index contributed by atoms with van der Waals surface area (Å²) >= 11 is 1.37. The average Bonchev–Trinajstić information content (AvgIpc) is 2.84. The Morgan fingerprint density at radius 3 is 2.71 bits per heavy atom. The molecule has 0 saturated heterocycles. The van der Waals surface area contributed by atoms with Crippen molar-refractivity contribution >= 4 is 27.3 Å². The molecular formula is C14H14FNO3S2. The molecule has 1 aromatic heterocycles. The van der Waals surface area contributed by atoms with E-state index in [1.807, 2.05) is 4.72 Å². The van der Waals surface area contributed by atoms with E-state index in [9.17, 15) is 17.6 Å². The second-order valence-corrected chi connectivity index (χ2v) is 7.39. The van der Waals surface area contributed by atoms with Gasteiger partial charge in [0.05, 0.1) is 12.2 Å². The van der Waals surface area contributed by atoms with E-state index in [4.69, 9.17) is 0 Å². The highest BCUT2D eigenvalue weighted by molar-refractivity contribution is 7.89. The second kappa shape index (κ2) is 6.36. The molecular weight excluding hydrogens is 313 g/mol. The largest absolute Gasteiger partial charge is 0.274 e. The zero-order valence-electron chi connectivity index (χ0n) is 11.3. The topological polar surface area (TPSA) is 63.2 Å². The molecule has 0 radical (unpaired) electrons. The Morgan fingerprint density at radius 1 is 1.33 bits per heavy atom. The maximum absolute atomic E-state index is 13.6. The van der Waals surface area contributed by atoms with Gasteiger partial charge >= 0.3 is 0 Å². The molecule has 7 heteroatoms. The van der Waals surface area contributed by atoms with Crippen molar-refractivity contribution < 1.29 is 17.6 Å². The number of thiophene rings is 1. The van der Waals surface area contributed by atoms with E-state index >= 15 is 0 Å². The van der Waals surface area contributed by atoms with E-state index in [2.05, 4.69) is 0 Å². The van der Waals surface area contributed by atoms with Crippen molar-refractivity contribution in [1.82, 2.24) is 4.72 Å². The quantitative estimate of drug-likeness (QED) is 0.917. The molecule has 1 heterocycles. The van der Waals surface area contributed by atoms with Crippen LogP contribution in [0.5, 0.6) is 0 Å². The Hall–Kier alpha value is -1.73. The lowest BCUT2D eigenvalue weighted by atomic mass is 10.2. The molecule has 1 amide bonds. The van der Waals surface area contributed by atoms with Gasteiger partial charge in [-0.1, -0.05) is 18.2 Å². The summed E-state index contributed by atoms with van der Waals surface area (Å²) in [7, 11) is -3.91. The predicted molar refractivity (Wildman–Crippen MR) is 79.9 cm³/mol. The maximum atomic E-state index is 13.6. The molecule has 0 atom stereocenters. The molecule has 1 aromatic carbocycles. The summed E-state index contributed by atoms with van der Waals surface area (Å²) in [5, 5.41) is 1.80. The van der Waals surface area contributed by atoms with Gasteiger partial charge in [0.1, 0.15) is 5.82 Å². The van der Waals surface area contributed by atoms with Gasteiger partial charge in [-0.25, -0.2) is 12.8 Å². The lowest BCUT2D eigenvalue weighted by molar-refractivity contribution is -0.118. The van der Waals surface area contributed by atoms with E-state index in [0.717, 1.165) is 4.88 Å². The fraction of sp³-hybridized carbons (Fsp3) is 0.214. The summed E-state index contributed by atoms with van der Waals surface area (Å²) in [4.78, 5) is 12.4. The predicted octanol–water partition coefficient (Wildman–Crippen LogP) is 2.38. The molecule has 1 N–H and O–H groups in total. The van der Waals surface area contributed by atoms with E-state index in [1.165, 1.54) is 23.5 Å². The first kappa shape index (κ1) is 15.7. The second-order valence-electron chi connectivity index (χ2n) is 4.64. The van der Waals surface area contributed by atoms with Crippen LogP contribution in [0.15, 0.2) is 35.7 Å². The standard InChI is InChI=1S/C14H14FNO3S2/c1-10-4-5-11(13(15)7-10)9-21(18,19)16-14(17)8-12-3-2-6-20-12/h2-7H,8-9H2,1H3,(H,16,17). The molecule has 0 unspecified atom stereocenters. The molecule has 2 aromatic rings. The van der Waals surface area contributed by atoms with Crippen LogP contribution in [0, 0.1) is 12.7 Å². The van der Waals surface area contributed by atoms with Crippen LogP contribution >= 0.6 is 11.3 Å². The van der Waals surface area contributed by atoms with E-state index < -0.39 is 27.5 Å². The maximum Gasteiger partial charge on any atom is 0.239 e. The SMILES string of the molecule is Cc1ccc(CS(=O)(=O)NC(=O)Cc2cccs2)c(F)c1. The number of hydrogen-bond donors (Lipinski definition) is 1. The van der Waals surface area contributed by atoms with Crippen molar-refractivity contribution in [2.24, 2.45) is 0 Å². The molecule has 112 valence electrons. The summed E-state index contributed by atoms with van der Waals surface area (Å²) in [6.07, 6.45) is -0.00667. The highest BCUT2D eigenvalue weighted by Crippen LogP contribution is 2.13. The molecule has 0 bridgehead atoms. The zero-order valence-corrected chi connectivity index (χ0v) is 12.9. The highest BCUT2D eigenvalue weighted by atomic mass is 32.2. The molecule has 4 nitrogen and oxygen atoms in total. The normalized spacial score (nSPS) is 11.3. The molecule has 0 aliphatic rings. The zero-order chi connectivity index (χ0) is 15.5. The van der Waals surface area contributed by atoms with Crippen LogP contribution in [0.3, 0.4) is 0 Å². The molecule has 0 fully saturated rings. The van der Waals surface area contributed by atoms with Crippen molar-refractivity contribution in [1.29, 1.82) is 0 Å². The van der Waals surface area contributed by atoms with Gasteiger partial charge in [0.25, 0.3) is 0 Å². The summed E-state index contributed by atoms with van der Waals surface area (Å²) in [6.45, 7) is 1.71. The van der Waals surface area contributed by atoms with Crippen LogP contribution in [0.4, 0.5) is 4.39 Å². The average molecular weight is 327 g/mol. The van der Waals surface area contributed by atoms with Crippen LogP contribution in [0.1, 0.15) is 16.0 Å². The van der Waals surface area contributed by atoms with Crippen molar-refractivity contribution in [3.63, 3.8) is 0 Å². The van der Waals surface area contributed by atoms with Crippen LogP contribution in [-0.2, 0) is 27.0 Å². The van der Waals surface area contributed by atoms with Gasteiger partial charge in [0.15, 0.2) is 0 Å². The molecule has 2 rings (SSSR count). The van der Waals surface area contributed by atoms with Crippen molar-refractivity contribution in [2.75, 3.05) is 0 Å². The minimum absolute atomic E-state index is 0.00667. The number of amides is 1. The third-order valence-electron chi connectivity index (χ3n) is 2.74. The lowest BCUT2D eigenvalue weighted by Gasteiger charge is -2.07. The van der Waals surface area contributed by atoms with E-state index in [1.54, 1.807) is 30.5 Å². The van der Waals surface area contributed by atoms with Crippen LogP contribution < -0.4 is 4.72 Å². The minimum Gasteiger partial charge on any atom is -0.274 e. The Morgan fingerprint density at radius 2 is 2.10 bits per heavy atom. The first-order chi connectivity index (χ1) is 9.85. The number of carbonyl (C=O) groups is 1. The van der Waals surface area contributed by atoms with Crippen LogP contribution in [0.2, 0.25) is 0 Å². The van der Waals surface area contributed by atoms with Gasteiger partial charge in [-0.3, -0.25) is 9.52 Å². The molecule has 0 aliphatic carbocycles. The summed E-state index contributed by atoms with van der Waals surface area (Å²) in [5.41, 5.74) is 0.743. The lowest BCUT2D eigenvalue weighted by Crippen LogP contribution is -2.32. The molecule has 0 saturated carbocycles. The fourth-order valence-corrected chi connectivity index (χ4v) is 3.63. The smallest absolute Gasteiger partial charge is 0.239 e. The summed E-state index contributed by atoms with van der Waals surface area (Å²) < 4.78 is 39.4. The monoisotopic (exact) mass is 327 g/mol. The first-order valence-corrected chi connectivity index (χ1v) is 8.70. The number of hydrogen-bond acceptors (Lipinski definition) is 4. The number of rotatable bonds is 5. The molecule has 21 heavy (non-hydrogen) atoms. The number of benzene rings is 1. The Labute approximate surface area is 126 Å². The van der Waals surface area contributed by atoms with Crippen LogP contribution in [-0.4, -0.2) is 14.3 Å². The van der Waals surface area contributed by atoms with Gasteiger partial charge in [-0.05, 0) is 30.0 Å².